The summed E-state index contributed by atoms with van der Waals surface area (Å²) in [5, 5.41) is 12.5. The zero-order valence-corrected chi connectivity index (χ0v) is 14.5. The van der Waals surface area contributed by atoms with Crippen LogP contribution in [-0.2, 0) is 0 Å². The highest BCUT2D eigenvalue weighted by molar-refractivity contribution is 7.99. The molecule has 2 aliphatic rings. The Morgan fingerprint density at radius 2 is 1.86 bits per heavy atom. The van der Waals surface area contributed by atoms with Crippen LogP contribution in [0.2, 0.25) is 0 Å². The molecule has 1 heterocycles. The Morgan fingerprint density at radius 1 is 1.10 bits per heavy atom. The summed E-state index contributed by atoms with van der Waals surface area (Å²) in [5.41, 5.74) is 0. The minimum absolute atomic E-state index is 0.332. The molecule has 4 heteroatoms. The number of nitrogens with one attached hydrogen (secondary N) is 1. The first-order valence-corrected chi connectivity index (χ1v) is 10.1. The highest BCUT2D eigenvalue weighted by atomic mass is 32.2. The normalized spacial score (nSPS) is 28.9. The number of aliphatic hydroxyl groups excluding tert-OH is 1. The molecule has 1 aliphatic heterocycles. The van der Waals surface area contributed by atoms with Gasteiger partial charge in [0.15, 0.2) is 0 Å². The molecule has 0 aromatic carbocycles. The third-order valence-corrected chi connectivity index (χ3v) is 6.26. The van der Waals surface area contributed by atoms with Gasteiger partial charge in [-0.15, -0.1) is 0 Å². The number of hydrogen-bond acceptors (Lipinski definition) is 4. The Balaban J connectivity index is 1.55. The lowest BCUT2D eigenvalue weighted by Gasteiger charge is -2.42. The second kappa shape index (κ2) is 10.1. The molecule has 2 rings (SSSR count). The number of nitrogens with zero attached hydrogens (tertiary/aromatic N) is 1. The zero-order chi connectivity index (χ0) is 14.9. The molecule has 1 saturated heterocycles. The first kappa shape index (κ1) is 17.6. The molecule has 3 nitrogen and oxygen atoms in total. The third kappa shape index (κ3) is 6.09. The smallest absolute Gasteiger partial charge is 0.0438 e. The summed E-state index contributed by atoms with van der Waals surface area (Å²) in [6.45, 7) is 6.51. The van der Waals surface area contributed by atoms with Crippen molar-refractivity contribution in [3.63, 3.8) is 0 Å². The SMILES string of the molecule is CC1CCCCC1N1CCC(NCCSCCCO)CC1. The van der Waals surface area contributed by atoms with Gasteiger partial charge >= 0.3 is 0 Å². The summed E-state index contributed by atoms with van der Waals surface area (Å²) >= 11 is 1.96. The molecule has 21 heavy (non-hydrogen) atoms. The Bertz CT molecular complexity index is 270. The number of piperidine rings is 1. The average Bonchev–Trinajstić information content (AvgIpc) is 2.52. The van der Waals surface area contributed by atoms with Gasteiger partial charge in [-0.3, -0.25) is 0 Å². The van der Waals surface area contributed by atoms with Gasteiger partial charge in [-0.1, -0.05) is 19.8 Å². The van der Waals surface area contributed by atoms with Crippen molar-refractivity contribution in [1.82, 2.24) is 10.2 Å². The summed E-state index contributed by atoms with van der Waals surface area (Å²) in [4.78, 5) is 2.78. The van der Waals surface area contributed by atoms with Crippen molar-refractivity contribution in [2.45, 2.75) is 64.0 Å². The number of rotatable bonds is 8. The summed E-state index contributed by atoms with van der Waals surface area (Å²) in [6.07, 6.45) is 9.34. The molecule has 0 aromatic heterocycles. The van der Waals surface area contributed by atoms with Crippen molar-refractivity contribution < 1.29 is 5.11 Å². The van der Waals surface area contributed by atoms with E-state index in [2.05, 4.69) is 17.1 Å². The topological polar surface area (TPSA) is 35.5 Å². The van der Waals surface area contributed by atoms with Gasteiger partial charge in [-0.2, -0.15) is 11.8 Å². The summed E-state index contributed by atoms with van der Waals surface area (Å²) in [6, 6.07) is 1.60. The van der Waals surface area contributed by atoms with Crippen molar-refractivity contribution >= 4 is 11.8 Å². The van der Waals surface area contributed by atoms with Crippen LogP contribution in [0.25, 0.3) is 0 Å². The highest BCUT2D eigenvalue weighted by Gasteiger charge is 2.29. The van der Waals surface area contributed by atoms with Crippen molar-refractivity contribution in [1.29, 1.82) is 0 Å². The third-order valence-electron chi connectivity index (χ3n) is 5.19. The molecule has 0 aromatic rings. The number of hydrogen-bond donors (Lipinski definition) is 2. The molecule has 2 fully saturated rings. The van der Waals surface area contributed by atoms with E-state index in [0.717, 1.165) is 36.7 Å². The fourth-order valence-corrected chi connectivity index (χ4v) is 4.68. The molecule has 0 amide bonds. The Morgan fingerprint density at radius 3 is 2.57 bits per heavy atom. The van der Waals surface area contributed by atoms with Crippen LogP contribution < -0.4 is 5.32 Å². The van der Waals surface area contributed by atoms with Crippen LogP contribution in [-0.4, -0.2) is 59.8 Å². The summed E-state index contributed by atoms with van der Waals surface area (Å²) in [7, 11) is 0. The molecule has 2 N–H and O–H groups in total. The summed E-state index contributed by atoms with van der Waals surface area (Å²) < 4.78 is 0. The molecule has 0 spiro atoms. The van der Waals surface area contributed by atoms with Gasteiger partial charge < -0.3 is 15.3 Å². The van der Waals surface area contributed by atoms with Crippen LogP contribution in [0.4, 0.5) is 0 Å². The van der Waals surface area contributed by atoms with E-state index in [9.17, 15) is 0 Å². The van der Waals surface area contributed by atoms with Crippen LogP contribution in [0.1, 0.15) is 51.9 Å². The van der Waals surface area contributed by atoms with Gasteiger partial charge in [0.2, 0.25) is 0 Å². The molecule has 2 unspecified atom stereocenters. The quantitative estimate of drug-likeness (QED) is 0.675. The minimum Gasteiger partial charge on any atom is -0.396 e. The van der Waals surface area contributed by atoms with Gasteiger partial charge in [-0.05, 0) is 56.9 Å². The molecule has 1 saturated carbocycles. The first-order chi connectivity index (χ1) is 10.3. The molecule has 124 valence electrons. The Kier molecular flexibility index (Phi) is 8.45. The van der Waals surface area contributed by atoms with Crippen molar-refractivity contribution in [2.75, 3.05) is 37.7 Å². The van der Waals surface area contributed by atoms with Crippen LogP contribution >= 0.6 is 11.8 Å². The van der Waals surface area contributed by atoms with E-state index >= 15 is 0 Å². The van der Waals surface area contributed by atoms with E-state index in [4.69, 9.17) is 5.11 Å². The predicted molar refractivity (Wildman–Crippen MR) is 93.0 cm³/mol. The van der Waals surface area contributed by atoms with Gasteiger partial charge in [0, 0.05) is 31.0 Å². The van der Waals surface area contributed by atoms with Crippen LogP contribution in [0.15, 0.2) is 0 Å². The Hall–Kier alpha value is 0.230. The van der Waals surface area contributed by atoms with Gasteiger partial charge in [0.25, 0.3) is 0 Å². The molecule has 2 atom stereocenters. The lowest BCUT2D eigenvalue weighted by molar-refractivity contribution is 0.0819. The van der Waals surface area contributed by atoms with Gasteiger partial charge in [0.05, 0.1) is 0 Å². The first-order valence-electron chi connectivity index (χ1n) is 8.97. The lowest BCUT2D eigenvalue weighted by atomic mass is 9.84. The van der Waals surface area contributed by atoms with E-state index in [-0.39, 0.29) is 0 Å². The second-order valence-corrected chi connectivity index (χ2v) is 8.01. The van der Waals surface area contributed by atoms with Crippen LogP contribution in [0.3, 0.4) is 0 Å². The fourth-order valence-electron chi connectivity index (χ4n) is 3.88. The number of aliphatic hydroxyl groups is 1. The van der Waals surface area contributed by atoms with E-state index < -0.39 is 0 Å². The van der Waals surface area contributed by atoms with Gasteiger partial charge in [0.1, 0.15) is 0 Å². The predicted octanol–water partition coefficient (Wildman–Crippen LogP) is 2.73. The van der Waals surface area contributed by atoms with E-state index in [0.29, 0.717) is 6.61 Å². The molecule has 0 bridgehead atoms. The lowest BCUT2D eigenvalue weighted by Crippen LogP contribution is -2.49. The second-order valence-electron chi connectivity index (χ2n) is 6.78. The monoisotopic (exact) mass is 314 g/mol. The number of thioether (sulfide) groups is 1. The van der Waals surface area contributed by atoms with Crippen LogP contribution in [0.5, 0.6) is 0 Å². The fraction of sp³-hybridized carbons (Fsp3) is 1.00. The van der Waals surface area contributed by atoms with E-state index in [1.54, 1.807) is 0 Å². The van der Waals surface area contributed by atoms with E-state index in [1.807, 2.05) is 11.8 Å². The van der Waals surface area contributed by atoms with Crippen LogP contribution in [0, 0.1) is 5.92 Å². The largest absolute Gasteiger partial charge is 0.396 e. The highest BCUT2D eigenvalue weighted by Crippen LogP contribution is 2.29. The summed E-state index contributed by atoms with van der Waals surface area (Å²) in [5.74, 6) is 3.18. The van der Waals surface area contributed by atoms with Crippen molar-refractivity contribution in [2.24, 2.45) is 5.92 Å². The molecule has 0 radical (unpaired) electrons. The van der Waals surface area contributed by atoms with E-state index in [1.165, 1.54) is 57.4 Å². The maximum absolute atomic E-state index is 8.74. The maximum Gasteiger partial charge on any atom is 0.0438 e. The number of likely N-dealkylation sites (tertiary alicyclic amines) is 1. The standard InChI is InChI=1S/C17H34N2OS/c1-15-5-2-3-6-17(15)19-10-7-16(8-11-19)18-9-14-21-13-4-12-20/h15-18,20H,2-14H2,1H3. The minimum atomic E-state index is 0.332. The average molecular weight is 315 g/mol. The zero-order valence-electron chi connectivity index (χ0n) is 13.7. The Labute approximate surface area is 135 Å². The van der Waals surface area contributed by atoms with Crippen molar-refractivity contribution in [3.8, 4) is 0 Å². The van der Waals surface area contributed by atoms with Gasteiger partial charge in [-0.25, -0.2) is 0 Å². The van der Waals surface area contributed by atoms with Crippen molar-refractivity contribution in [3.05, 3.63) is 0 Å². The maximum atomic E-state index is 8.74. The molecular formula is C17H34N2OS. The molecule has 1 aliphatic carbocycles. The molecular weight excluding hydrogens is 280 g/mol.